The highest BCUT2D eigenvalue weighted by Gasteiger charge is 2.14. The normalized spacial score (nSPS) is 12.8. The molecule has 2 aromatic rings. The second kappa shape index (κ2) is 6.27. The quantitative estimate of drug-likeness (QED) is 0.619. The van der Waals surface area contributed by atoms with Gasteiger partial charge < -0.3 is 0 Å². The summed E-state index contributed by atoms with van der Waals surface area (Å²) in [6, 6.07) is 2.34. The third-order valence-electron chi connectivity index (χ3n) is 3.17. The van der Waals surface area contributed by atoms with Crippen LogP contribution in [0.15, 0.2) is 11.4 Å². The van der Waals surface area contributed by atoms with Gasteiger partial charge in [-0.3, -0.25) is 16.0 Å². The molecule has 0 aliphatic heterocycles. The molecule has 0 aliphatic carbocycles. The van der Waals surface area contributed by atoms with E-state index in [2.05, 4.69) is 33.9 Å². The van der Waals surface area contributed by atoms with Gasteiger partial charge in [0.05, 0.1) is 10.7 Å². The zero-order valence-electron chi connectivity index (χ0n) is 11.7. The molecule has 0 aliphatic rings. The number of nitrogens with one attached hydrogen (secondary N) is 1. The molecule has 0 bridgehead atoms. The predicted octanol–water partition coefficient (Wildman–Crippen LogP) is 1.36. The summed E-state index contributed by atoms with van der Waals surface area (Å²) in [6.45, 7) is 4.13. The van der Waals surface area contributed by atoms with E-state index in [1.807, 2.05) is 18.7 Å². The Balaban J connectivity index is 2.03. The molecule has 19 heavy (non-hydrogen) atoms. The number of aryl methyl sites for hydroxylation is 3. The molecule has 5 nitrogen and oxygen atoms in total. The predicted molar refractivity (Wildman–Crippen MR) is 78.0 cm³/mol. The molecule has 2 heterocycles. The Hall–Kier alpha value is -1.24. The van der Waals surface area contributed by atoms with Crippen LogP contribution >= 0.6 is 11.3 Å². The third kappa shape index (κ3) is 3.62. The van der Waals surface area contributed by atoms with Gasteiger partial charge in [0, 0.05) is 42.7 Å². The minimum atomic E-state index is 0.186. The number of nitrogens with zero attached hydrogens (tertiary/aromatic N) is 3. The smallest absolute Gasteiger partial charge is 0.0944 e. The third-order valence-corrected chi connectivity index (χ3v) is 4.16. The largest absolute Gasteiger partial charge is 0.272 e. The van der Waals surface area contributed by atoms with Crippen molar-refractivity contribution in [2.45, 2.75) is 39.2 Å². The van der Waals surface area contributed by atoms with Crippen LogP contribution in [-0.4, -0.2) is 20.8 Å². The lowest BCUT2D eigenvalue weighted by Crippen LogP contribution is -2.38. The molecular formula is C13H21N5S. The van der Waals surface area contributed by atoms with E-state index in [9.17, 15) is 0 Å². The Morgan fingerprint density at radius 1 is 1.47 bits per heavy atom. The van der Waals surface area contributed by atoms with Crippen LogP contribution < -0.4 is 11.3 Å². The number of nitrogens with two attached hydrogens (primary N) is 1. The first-order chi connectivity index (χ1) is 9.12. The average molecular weight is 279 g/mol. The van der Waals surface area contributed by atoms with Crippen LogP contribution in [0.2, 0.25) is 0 Å². The molecule has 0 saturated carbocycles. The van der Waals surface area contributed by atoms with Crippen LogP contribution in [0.25, 0.3) is 0 Å². The number of aromatic nitrogens is 3. The molecule has 0 radical (unpaired) electrons. The average Bonchev–Trinajstić information content (AvgIpc) is 2.95. The zero-order valence-corrected chi connectivity index (χ0v) is 12.5. The van der Waals surface area contributed by atoms with Crippen molar-refractivity contribution < 1.29 is 0 Å². The van der Waals surface area contributed by atoms with Crippen molar-refractivity contribution in [1.82, 2.24) is 20.2 Å². The Kier molecular flexibility index (Phi) is 4.68. The monoisotopic (exact) mass is 279 g/mol. The van der Waals surface area contributed by atoms with E-state index in [0.717, 1.165) is 35.7 Å². The van der Waals surface area contributed by atoms with E-state index >= 15 is 0 Å². The summed E-state index contributed by atoms with van der Waals surface area (Å²) >= 11 is 1.69. The molecular weight excluding hydrogens is 258 g/mol. The summed E-state index contributed by atoms with van der Waals surface area (Å²) in [7, 11) is 1.98. The Labute approximate surface area is 117 Å². The van der Waals surface area contributed by atoms with Crippen molar-refractivity contribution in [2.75, 3.05) is 0 Å². The van der Waals surface area contributed by atoms with E-state index in [4.69, 9.17) is 5.84 Å². The molecule has 0 aromatic carbocycles. The maximum atomic E-state index is 5.66. The molecule has 1 unspecified atom stereocenters. The highest BCUT2D eigenvalue weighted by molar-refractivity contribution is 7.09. The van der Waals surface area contributed by atoms with Crippen LogP contribution in [0.3, 0.4) is 0 Å². The lowest BCUT2D eigenvalue weighted by atomic mass is 10.1. The fourth-order valence-electron chi connectivity index (χ4n) is 2.09. The second-order valence-corrected chi connectivity index (χ2v) is 5.70. The molecule has 0 saturated heterocycles. The number of hydrogen-bond donors (Lipinski definition) is 2. The minimum absolute atomic E-state index is 0.186. The van der Waals surface area contributed by atoms with Crippen LogP contribution in [0.1, 0.15) is 29.0 Å². The van der Waals surface area contributed by atoms with Crippen molar-refractivity contribution in [3.05, 3.63) is 33.5 Å². The van der Waals surface area contributed by atoms with Crippen LogP contribution in [0, 0.1) is 6.92 Å². The Morgan fingerprint density at radius 3 is 2.79 bits per heavy atom. The fourth-order valence-corrected chi connectivity index (χ4v) is 2.94. The van der Waals surface area contributed by atoms with Crippen molar-refractivity contribution in [3.63, 3.8) is 0 Å². The Morgan fingerprint density at radius 2 is 2.26 bits per heavy atom. The van der Waals surface area contributed by atoms with Crippen LogP contribution in [0.4, 0.5) is 0 Å². The van der Waals surface area contributed by atoms with Gasteiger partial charge in [0.25, 0.3) is 0 Å². The highest BCUT2D eigenvalue weighted by Crippen LogP contribution is 2.14. The van der Waals surface area contributed by atoms with E-state index in [1.54, 1.807) is 11.3 Å². The van der Waals surface area contributed by atoms with Crippen molar-refractivity contribution >= 4 is 11.3 Å². The molecule has 0 fully saturated rings. The lowest BCUT2D eigenvalue weighted by Gasteiger charge is -2.14. The van der Waals surface area contributed by atoms with Gasteiger partial charge in [0.1, 0.15) is 0 Å². The van der Waals surface area contributed by atoms with Gasteiger partial charge in [0.15, 0.2) is 0 Å². The standard InChI is InChI=1S/C13H21N5S/c1-4-10-5-12(18(3)17-10)6-11(16-14)7-13-15-9(2)8-19-13/h5,8,11,16H,4,6-7,14H2,1-3H3. The minimum Gasteiger partial charge on any atom is -0.272 e. The molecule has 2 aromatic heterocycles. The van der Waals surface area contributed by atoms with Crippen molar-refractivity contribution in [1.29, 1.82) is 0 Å². The van der Waals surface area contributed by atoms with Crippen LogP contribution in [-0.2, 0) is 26.3 Å². The summed E-state index contributed by atoms with van der Waals surface area (Å²) in [5.41, 5.74) is 6.29. The van der Waals surface area contributed by atoms with E-state index in [-0.39, 0.29) is 6.04 Å². The van der Waals surface area contributed by atoms with Crippen molar-refractivity contribution in [3.8, 4) is 0 Å². The fraction of sp³-hybridized carbons (Fsp3) is 0.538. The first kappa shape index (κ1) is 14.2. The van der Waals surface area contributed by atoms with E-state index in [0.29, 0.717) is 0 Å². The van der Waals surface area contributed by atoms with Gasteiger partial charge in [-0.2, -0.15) is 5.10 Å². The molecule has 0 amide bonds. The van der Waals surface area contributed by atoms with Gasteiger partial charge in [-0.15, -0.1) is 11.3 Å². The van der Waals surface area contributed by atoms with Gasteiger partial charge >= 0.3 is 0 Å². The maximum absolute atomic E-state index is 5.66. The number of hydrogen-bond acceptors (Lipinski definition) is 5. The topological polar surface area (TPSA) is 68.8 Å². The molecule has 2 rings (SSSR count). The number of thiazole rings is 1. The summed E-state index contributed by atoms with van der Waals surface area (Å²) in [5.74, 6) is 5.66. The van der Waals surface area contributed by atoms with Gasteiger partial charge in [-0.1, -0.05) is 6.92 Å². The SMILES string of the molecule is CCc1cc(CC(Cc2nc(C)cs2)NN)n(C)n1. The van der Waals surface area contributed by atoms with E-state index in [1.165, 1.54) is 5.69 Å². The van der Waals surface area contributed by atoms with Gasteiger partial charge in [-0.05, 0) is 19.4 Å². The summed E-state index contributed by atoms with van der Waals surface area (Å²) in [6.07, 6.45) is 2.67. The number of rotatable bonds is 6. The van der Waals surface area contributed by atoms with Crippen LogP contribution in [0.5, 0.6) is 0 Å². The van der Waals surface area contributed by atoms with Gasteiger partial charge in [0.2, 0.25) is 0 Å². The molecule has 0 spiro atoms. The molecule has 6 heteroatoms. The summed E-state index contributed by atoms with van der Waals surface area (Å²) in [5, 5.41) is 7.66. The highest BCUT2D eigenvalue weighted by atomic mass is 32.1. The zero-order chi connectivity index (χ0) is 13.8. The second-order valence-electron chi connectivity index (χ2n) is 4.76. The van der Waals surface area contributed by atoms with E-state index < -0.39 is 0 Å². The van der Waals surface area contributed by atoms with Gasteiger partial charge in [-0.25, -0.2) is 4.98 Å². The molecule has 3 N–H and O–H groups in total. The molecule has 104 valence electrons. The summed E-state index contributed by atoms with van der Waals surface area (Å²) < 4.78 is 1.94. The lowest BCUT2D eigenvalue weighted by molar-refractivity contribution is 0.504. The molecule has 1 atom stereocenters. The number of hydrazine groups is 1. The maximum Gasteiger partial charge on any atom is 0.0944 e. The first-order valence-corrected chi connectivity index (χ1v) is 7.39. The first-order valence-electron chi connectivity index (χ1n) is 6.51. The van der Waals surface area contributed by atoms with Crippen molar-refractivity contribution in [2.24, 2.45) is 12.9 Å². The Bertz CT molecular complexity index is 531. The summed E-state index contributed by atoms with van der Waals surface area (Å²) in [4.78, 5) is 4.48.